The van der Waals surface area contributed by atoms with Crippen molar-refractivity contribution >= 4 is 0 Å². The molecule has 0 saturated heterocycles. The summed E-state index contributed by atoms with van der Waals surface area (Å²) in [5, 5.41) is 7.68. The maximum atomic E-state index is 4.27. The van der Waals surface area contributed by atoms with Gasteiger partial charge in [-0.2, -0.15) is 5.10 Å². The van der Waals surface area contributed by atoms with Gasteiger partial charge in [0.05, 0.1) is 12.2 Å². The van der Waals surface area contributed by atoms with Crippen LogP contribution in [0, 0.1) is 5.92 Å². The fourth-order valence-electron chi connectivity index (χ4n) is 1.40. The largest absolute Gasteiger partial charge is 0.311 e. The minimum atomic E-state index is 0.683. The molecule has 0 radical (unpaired) electrons. The molecule has 3 nitrogen and oxygen atoms in total. The summed E-state index contributed by atoms with van der Waals surface area (Å²) >= 11 is 0. The molecule has 0 atom stereocenters. The molecule has 0 saturated carbocycles. The van der Waals surface area contributed by atoms with E-state index in [2.05, 4.69) is 36.9 Å². The molecule has 0 aliphatic rings. The van der Waals surface area contributed by atoms with Gasteiger partial charge in [-0.15, -0.1) is 0 Å². The van der Waals surface area contributed by atoms with Crippen molar-refractivity contribution in [2.24, 2.45) is 5.92 Å². The summed E-state index contributed by atoms with van der Waals surface area (Å²) in [5.41, 5.74) is 2.35. The summed E-state index contributed by atoms with van der Waals surface area (Å²) in [6.07, 6.45) is 1.84. The van der Waals surface area contributed by atoms with Crippen molar-refractivity contribution in [1.29, 1.82) is 0 Å². The van der Waals surface area contributed by atoms with Crippen LogP contribution in [0.4, 0.5) is 0 Å². The van der Waals surface area contributed by atoms with Crippen LogP contribution in [-0.4, -0.2) is 16.3 Å². The normalized spacial score (nSPS) is 10.9. The van der Waals surface area contributed by atoms with Gasteiger partial charge in [0, 0.05) is 12.7 Å². The lowest BCUT2D eigenvalue weighted by Gasteiger charge is -2.09. The summed E-state index contributed by atoms with van der Waals surface area (Å²) < 4.78 is 2.00. The Morgan fingerprint density at radius 3 is 2.93 bits per heavy atom. The van der Waals surface area contributed by atoms with Gasteiger partial charge in [0.15, 0.2) is 0 Å². The number of hydrogen-bond acceptors (Lipinski definition) is 2. The van der Waals surface area contributed by atoms with Crippen LogP contribution < -0.4 is 5.32 Å². The molecule has 0 amide bonds. The third kappa shape index (κ3) is 4.30. The first-order chi connectivity index (χ1) is 7.09. The first-order valence-corrected chi connectivity index (χ1v) is 5.45. The summed E-state index contributed by atoms with van der Waals surface area (Å²) in [4.78, 5) is 0. The molecule has 1 aromatic heterocycles. The van der Waals surface area contributed by atoms with Crippen molar-refractivity contribution in [2.45, 2.75) is 33.9 Å². The maximum Gasteiger partial charge on any atom is 0.0617 e. The van der Waals surface area contributed by atoms with E-state index in [-0.39, 0.29) is 0 Å². The second-order valence-corrected chi connectivity index (χ2v) is 4.46. The second-order valence-electron chi connectivity index (χ2n) is 4.46. The number of allylic oxidation sites excluding steroid dienone is 1. The van der Waals surface area contributed by atoms with Crippen LogP contribution in [0.1, 0.15) is 26.5 Å². The van der Waals surface area contributed by atoms with Crippen LogP contribution in [0.15, 0.2) is 24.4 Å². The highest BCUT2D eigenvalue weighted by atomic mass is 15.3. The van der Waals surface area contributed by atoms with E-state index in [0.717, 1.165) is 25.2 Å². The Morgan fingerprint density at radius 2 is 2.33 bits per heavy atom. The van der Waals surface area contributed by atoms with Crippen LogP contribution in [0.2, 0.25) is 0 Å². The lowest BCUT2D eigenvalue weighted by molar-refractivity contribution is 0.528. The van der Waals surface area contributed by atoms with Crippen molar-refractivity contribution in [3.63, 3.8) is 0 Å². The van der Waals surface area contributed by atoms with Gasteiger partial charge in [-0.25, -0.2) is 0 Å². The third-order valence-corrected chi connectivity index (χ3v) is 2.08. The van der Waals surface area contributed by atoms with E-state index in [0.29, 0.717) is 5.92 Å². The van der Waals surface area contributed by atoms with Gasteiger partial charge in [0.1, 0.15) is 0 Å². The fraction of sp³-hybridized carbons (Fsp3) is 0.583. The van der Waals surface area contributed by atoms with Gasteiger partial charge in [-0.1, -0.05) is 26.0 Å². The molecular formula is C12H21N3. The van der Waals surface area contributed by atoms with E-state index in [9.17, 15) is 0 Å². The molecule has 0 bridgehead atoms. The van der Waals surface area contributed by atoms with E-state index in [1.807, 2.05) is 17.8 Å². The molecule has 0 fully saturated rings. The predicted octanol–water partition coefficient (Wildman–Crippen LogP) is 2.20. The second kappa shape index (κ2) is 5.71. The van der Waals surface area contributed by atoms with E-state index in [4.69, 9.17) is 0 Å². The van der Waals surface area contributed by atoms with E-state index < -0.39 is 0 Å². The quantitative estimate of drug-likeness (QED) is 0.725. The molecular weight excluding hydrogens is 186 g/mol. The highest BCUT2D eigenvalue weighted by Crippen LogP contribution is 2.02. The van der Waals surface area contributed by atoms with Crippen LogP contribution in [0.5, 0.6) is 0 Å². The predicted molar refractivity (Wildman–Crippen MR) is 63.6 cm³/mol. The zero-order chi connectivity index (χ0) is 11.3. The number of aromatic nitrogens is 2. The molecule has 1 aromatic rings. The van der Waals surface area contributed by atoms with Gasteiger partial charge < -0.3 is 5.32 Å². The van der Waals surface area contributed by atoms with Crippen molar-refractivity contribution in [1.82, 2.24) is 15.1 Å². The first-order valence-electron chi connectivity index (χ1n) is 5.45. The van der Waals surface area contributed by atoms with Crippen molar-refractivity contribution in [2.75, 3.05) is 6.54 Å². The molecule has 3 heteroatoms. The van der Waals surface area contributed by atoms with Crippen LogP contribution in [0.3, 0.4) is 0 Å². The molecule has 0 aliphatic heterocycles. The molecule has 0 unspecified atom stereocenters. The Bertz CT molecular complexity index is 312. The third-order valence-electron chi connectivity index (χ3n) is 2.08. The van der Waals surface area contributed by atoms with E-state index in [1.54, 1.807) is 0 Å². The molecule has 1 heterocycles. The Balaban J connectivity index is 2.46. The summed E-state index contributed by atoms with van der Waals surface area (Å²) in [6, 6.07) is 2.05. The van der Waals surface area contributed by atoms with Gasteiger partial charge in [-0.05, 0) is 25.5 Å². The Morgan fingerprint density at radius 1 is 1.60 bits per heavy atom. The summed E-state index contributed by atoms with van der Waals surface area (Å²) in [7, 11) is 0. The molecule has 0 aromatic carbocycles. The fourth-order valence-corrected chi connectivity index (χ4v) is 1.40. The Kier molecular flexibility index (Phi) is 4.56. The first kappa shape index (κ1) is 12.0. The van der Waals surface area contributed by atoms with E-state index in [1.165, 1.54) is 5.69 Å². The Labute approximate surface area is 92.2 Å². The number of nitrogens with zero attached hydrogens (tertiary/aromatic N) is 2. The topological polar surface area (TPSA) is 29.9 Å². The maximum absolute atomic E-state index is 4.27. The van der Waals surface area contributed by atoms with Gasteiger partial charge in [0.25, 0.3) is 0 Å². The number of nitrogens with one attached hydrogen (secondary N) is 1. The van der Waals surface area contributed by atoms with Gasteiger partial charge in [-0.3, -0.25) is 4.68 Å². The van der Waals surface area contributed by atoms with E-state index >= 15 is 0 Å². The van der Waals surface area contributed by atoms with Crippen molar-refractivity contribution in [3.05, 3.63) is 30.1 Å². The summed E-state index contributed by atoms with van der Waals surface area (Å²) in [6.45, 7) is 13.1. The molecule has 84 valence electrons. The molecule has 0 spiro atoms. The zero-order valence-electron chi connectivity index (χ0n) is 9.95. The highest BCUT2D eigenvalue weighted by molar-refractivity contribution is 5.03. The average molecular weight is 207 g/mol. The van der Waals surface area contributed by atoms with Crippen LogP contribution in [-0.2, 0) is 13.1 Å². The number of rotatable bonds is 6. The minimum absolute atomic E-state index is 0.683. The highest BCUT2D eigenvalue weighted by Gasteiger charge is 2.02. The smallest absolute Gasteiger partial charge is 0.0617 e. The van der Waals surface area contributed by atoms with Gasteiger partial charge >= 0.3 is 0 Å². The van der Waals surface area contributed by atoms with Crippen molar-refractivity contribution < 1.29 is 0 Å². The standard InChI is InChI=1S/C12H21N3/c1-10(2)7-13-8-12-5-6-14-15(12)9-11(3)4/h5-6,10,13H,3,7-9H2,1-2,4H3. The lowest BCUT2D eigenvalue weighted by Crippen LogP contribution is -2.21. The van der Waals surface area contributed by atoms with Crippen LogP contribution >= 0.6 is 0 Å². The lowest BCUT2D eigenvalue weighted by atomic mass is 10.2. The number of hydrogen-bond donors (Lipinski definition) is 1. The molecule has 1 rings (SSSR count). The molecule has 1 N–H and O–H groups in total. The SMILES string of the molecule is C=C(C)Cn1nccc1CNCC(C)C. The monoisotopic (exact) mass is 207 g/mol. The molecule has 15 heavy (non-hydrogen) atoms. The minimum Gasteiger partial charge on any atom is -0.311 e. The zero-order valence-corrected chi connectivity index (χ0v) is 9.95. The van der Waals surface area contributed by atoms with Gasteiger partial charge in [0.2, 0.25) is 0 Å². The van der Waals surface area contributed by atoms with Crippen molar-refractivity contribution in [3.8, 4) is 0 Å². The Hall–Kier alpha value is -1.09. The summed E-state index contributed by atoms with van der Waals surface area (Å²) in [5.74, 6) is 0.683. The molecule has 0 aliphatic carbocycles. The van der Waals surface area contributed by atoms with Crippen LogP contribution in [0.25, 0.3) is 0 Å². The average Bonchev–Trinajstić information content (AvgIpc) is 2.51.